The minimum absolute atomic E-state index is 0.00874. The minimum atomic E-state index is -0.454. The number of amides is 2. The Morgan fingerprint density at radius 2 is 1.78 bits per heavy atom. The highest BCUT2D eigenvalue weighted by Crippen LogP contribution is 2.35. The molecule has 0 aromatic heterocycles. The van der Waals surface area contributed by atoms with Crippen LogP contribution in [0.2, 0.25) is 0 Å². The average molecular weight is 569 g/mol. The molecule has 36 heavy (non-hydrogen) atoms. The van der Waals surface area contributed by atoms with Crippen LogP contribution in [0.1, 0.15) is 23.6 Å². The third kappa shape index (κ3) is 6.13. The van der Waals surface area contributed by atoms with E-state index in [0.29, 0.717) is 34.1 Å². The van der Waals surface area contributed by atoms with Gasteiger partial charge < -0.3 is 9.47 Å². The van der Waals surface area contributed by atoms with E-state index in [2.05, 4.69) is 15.9 Å². The van der Waals surface area contributed by atoms with Gasteiger partial charge in [0.2, 0.25) is 0 Å². The number of nitrogens with zero attached hydrogens (tertiary/aromatic N) is 2. The molecule has 10 heteroatoms. The van der Waals surface area contributed by atoms with Crippen molar-refractivity contribution in [2.45, 2.75) is 20.1 Å². The molecular formula is C26H21BrN2O6S. The van der Waals surface area contributed by atoms with Crippen LogP contribution in [0.3, 0.4) is 0 Å². The molecule has 1 heterocycles. The van der Waals surface area contributed by atoms with Gasteiger partial charge in [0, 0.05) is 16.6 Å². The second-order valence-electron chi connectivity index (χ2n) is 7.75. The maximum atomic E-state index is 12.9. The molecule has 1 fully saturated rings. The number of thioether (sulfide) groups is 1. The third-order valence-electron chi connectivity index (χ3n) is 5.21. The Morgan fingerprint density at radius 1 is 1.00 bits per heavy atom. The number of imide groups is 1. The summed E-state index contributed by atoms with van der Waals surface area (Å²) in [4.78, 5) is 37.5. The summed E-state index contributed by atoms with van der Waals surface area (Å²) in [6, 6.07) is 18.9. The van der Waals surface area contributed by atoms with Crippen LogP contribution in [-0.2, 0) is 17.9 Å². The minimum Gasteiger partial charge on any atom is -0.490 e. The second-order valence-corrected chi connectivity index (χ2v) is 9.66. The zero-order chi connectivity index (χ0) is 25.7. The molecule has 184 valence electrons. The number of non-ortho nitro benzene ring substituents is 1. The quantitative estimate of drug-likeness (QED) is 0.163. The fourth-order valence-corrected chi connectivity index (χ4v) is 4.59. The molecule has 0 N–H and O–H groups in total. The number of carbonyl (C=O) groups is 2. The van der Waals surface area contributed by atoms with Gasteiger partial charge in [0.15, 0.2) is 11.5 Å². The van der Waals surface area contributed by atoms with E-state index in [-0.39, 0.29) is 30.0 Å². The summed E-state index contributed by atoms with van der Waals surface area (Å²) >= 11 is 4.27. The van der Waals surface area contributed by atoms with Gasteiger partial charge in [-0.05, 0) is 65.7 Å². The van der Waals surface area contributed by atoms with E-state index in [9.17, 15) is 19.7 Å². The Hall–Kier alpha value is -3.63. The largest absolute Gasteiger partial charge is 0.490 e. The van der Waals surface area contributed by atoms with Crippen molar-refractivity contribution in [3.05, 3.63) is 103 Å². The summed E-state index contributed by atoms with van der Waals surface area (Å²) < 4.78 is 12.5. The summed E-state index contributed by atoms with van der Waals surface area (Å²) in [5.74, 6) is 0.575. The van der Waals surface area contributed by atoms with Crippen molar-refractivity contribution in [3.8, 4) is 11.5 Å². The van der Waals surface area contributed by atoms with Crippen LogP contribution in [0.4, 0.5) is 10.5 Å². The molecule has 0 atom stereocenters. The number of halogens is 1. The van der Waals surface area contributed by atoms with Crippen molar-refractivity contribution < 1.29 is 24.0 Å². The second kappa shape index (κ2) is 11.4. The summed E-state index contributed by atoms with van der Waals surface area (Å²) in [5, 5.41) is 10.7. The molecule has 8 nitrogen and oxygen atoms in total. The van der Waals surface area contributed by atoms with E-state index in [1.54, 1.807) is 36.4 Å². The summed E-state index contributed by atoms with van der Waals surface area (Å²) in [6.45, 7) is 2.55. The van der Waals surface area contributed by atoms with Gasteiger partial charge in [-0.3, -0.25) is 24.6 Å². The zero-order valence-electron chi connectivity index (χ0n) is 19.2. The molecule has 3 aromatic carbocycles. The number of nitro benzene ring substituents is 1. The van der Waals surface area contributed by atoms with Gasteiger partial charge in [0.05, 0.1) is 23.0 Å². The van der Waals surface area contributed by atoms with Gasteiger partial charge in [-0.15, -0.1) is 0 Å². The topological polar surface area (TPSA) is 99.0 Å². The molecular weight excluding hydrogens is 548 g/mol. The first kappa shape index (κ1) is 25.5. The van der Waals surface area contributed by atoms with Gasteiger partial charge in [0.25, 0.3) is 16.8 Å². The monoisotopic (exact) mass is 568 g/mol. The molecule has 0 radical (unpaired) electrons. The van der Waals surface area contributed by atoms with Crippen molar-refractivity contribution in [3.63, 3.8) is 0 Å². The van der Waals surface area contributed by atoms with Gasteiger partial charge >= 0.3 is 0 Å². The molecule has 2 amide bonds. The summed E-state index contributed by atoms with van der Waals surface area (Å²) in [6.07, 6.45) is 1.65. The summed E-state index contributed by atoms with van der Waals surface area (Å²) in [7, 11) is 0. The van der Waals surface area contributed by atoms with Crippen LogP contribution in [-0.4, -0.2) is 27.6 Å². The van der Waals surface area contributed by atoms with E-state index in [0.717, 1.165) is 21.8 Å². The van der Waals surface area contributed by atoms with Crippen molar-refractivity contribution in [1.29, 1.82) is 0 Å². The number of nitro groups is 1. The van der Waals surface area contributed by atoms with Crippen molar-refractivity contribution >= 4 is 50.6 Å². The predicted molar refractivity (Wildman–Crippen MR) is 141 cm³/mol. The van der Waals surface area contributed by atoms with Crippen molar-refractivity contribution in [2.75, 3.05) is 6.61 Å². The van der Waals surface area contributed by atoms with E-state index >= 15 is 0 Å². The van der Waals surface area contributed by atoms with Crippen LogP contribution in [0.15, 0.2) is 76.1 Å². The number of carbonyl (C=O) groups excluding carboxylic acids is 2. The lowest BCUT2D eigenvalue weighted by atomic mass is 10.1. The number of rotatable bonds is 9. The van der Waals surface area contributed by atoms with Crippen LogP contribution in [0.5, 0.6) is 11.5 Å². The third-order valence-corrected chi connectivity index (χ3v) is 6.64. The first-order chi connectivity index (χ1) is 17.3. The number of benzene rings is 3. The van der Waals surface area contributed by atoms with Gasteiger partial charge in [-0.2, -0.15) is 0 Å². The Labute approximate surface area is 220 Å². The summed E-state index contributed by atoms with van der Waals surface area (Å²) in [5.41, 5.74) is 2.17. The Kier molecular flexibility index (Phi) is 8.07. The number of ether oxygens (including phenoxy) is 2. The Bertz CT molecular complexity index is 1340. The van der Waals surface area contributed by atoms with Crippen LogP contribution < -0.4 is 9.47 Å². The highest BCUT2D eigenvalue weighted by molar-refractivity contribution is 9.10. The zero-order valence-corrected chi connectivity index (χ0v) is 21.6. The molecule has 1 saturated heterocycles. The maximum absolute atomic E-state index is 12.9. The number of hydrogen-bond donors (Lipinski definition) is 0. The average Bonchev–Trinajstić information content (AvgIpc) is 3.12. The van der Waals surface area contributed by atoms with Crippen LogP contribution in [0.25, 0.3) is 6.08 Å². The highest BCUT2D eigenvalue weighted by atomic mass is 79.9. The molecule has 1 aliphatic heterocycles. The molecule has 0 aliphatic carbocycles. The van der Waals surface area contributed by atoms with Gasteiger partial charge in [0.1, 0.15) is 6.61 Å². The van der Waals surface area contributed by atoms with Gasteiger partial charge in [-0.25, -0.2) is 0 Å². The van der Waals surface area contributed by atoms with E-state index in [4.69, 9.17) is 9.47 Å². The molecule has 3 aromatic rings. The lowest BCUT2D eigenvalue weighted by Crippen LogP contribution is -2.27. The fourth-order valence-electron chi connectivity index (χ4n) is 3.48. The van der Waals surface area contributed by atoms with Crippen LogP contribution in [0, 0.1) is 10.1 Å². The number of hydrogen-bond acceptors (Lipinski definition) is 7. The van der Waals surface area contributed by atoms with Crippen LogP contribution >= 0.6 is 27.7 Å². The predicted octanol–water partition coefficient (Wildman–Crippen LogP) is 6.57. The van der Waals surface area contributed by atoms with E-state index in [1.807, 2.05) is 31.2 Å². The van der Waals surface area contributed by atoms with Gasteiger partial charge in [-0.1, -0.05) is 46.3 Å². The fraction of sp³-hybridized carbons (Fsp3) is 0.154. The standard InChI is InChI=1S/C26H21BrN2O6S/c1-2-34-23-13-18(8-11-22(23)35-16-19-4-3-5-21(12-19)29(32)33)14-24-25(30)28(26(31)36-24)15-17-6-9-20(27)10-7-17/h3-14H,2,15-16H2,1H3/b24-14+. The molecule has 4 rings (SSSR count). The highest BCUT2D eigenvalue weighted by Gasteiger charge is 2.35. The van der Waals surface area contributed by atoms with Crippen molar-refractivity contribution in [2.24, 2.45) is 0 Å². The SMILES string of the molecule is CCOc1cc(/C=C2/SC(=O)N(Cc3ccc(Br)cc3)C2=O)ccc1OCc1cccc([N+](=O)[O-])c1. The molecule has 0 bridgehead atoms. The first-order valence-corrected chi connectivity index (χ1v) is 12.6. The Morgan fingerprint density at radius 3 is 2.50 bits per heavy atom. The normalized spacial score (nSPS) is 14.4. The van der Waals surface area contributed by atoms with Crippen molar-refractivity contribution in [1.82, 2.24) is 4.90 Å². The smallest absolute Gasteiger partial charge is 0.293 e. The molecule has 1 aliphatic rings. The maximum Gasteiger partial charge on any atom is 0.293 e. The molecule has 0 spiro atoms. The first-order valence-electron chi connectivity index (χ1n) is 11.0. The molecule has 0 unspecified atom stereocenters. The molecule has 0 saturated carbocycles. The Balaban J connectivity index is 1.49. The van der Waals surface area contributed by atoms with E-state index in [1.165, 1.54) is 17.0 Å². The lowest BCUT2D eigenvalue weighted by molar-refractivity contribution is -0.384. The van der Waals surface area contributed by atoms with E-state index < -0.39 is 4.92 Å². The lowest BCUT2D eigenvalue weighted by Gasteiger charge is -2.13.